The fourth-order valence-electron chi connectivity index (χ4n) is 2.36. The molecule has 120 valence electrons. The fraction of sp³-hybridized carbons (Fsp3) is 0.125. The fourth-order valence-corrected chi connectivity index (χ4v) is 4.42. The summed E-state index contributed by atoms with van der Waals surface area (Å²) in [5.41, 5.74) is 2.53. The minimum Gasteiger partial charge on any atom is -0.244 e. The van der Waals surface area contributed by atoms with Crippen molar-refractivity contribution in [3.8, 4) is 5.69 Å². The normalized spacial score (nSPS) is 11.2. The summed E-state index contributed by atoms with van der Waals surface area (Å²) in [6.07, 6.45) is 0. The van der Waals surface area contributed by atoms with E-state index in [9.17, 15) is 4.79 Å². The highest BCUT2D eigenvalue weighted by Crippen LogP contribution is 2.32. The number of benzene rings is 2. The smallest absolute Gasteiger partial charge is 0.244 e. The molecule has 2 aromatic carbocycles. The van der Waals surface area contributed by atoms with Crippen molar-refractivity contribution in [1.29, 1.82) is 0 Å². The van der Waals surface area contributed by atoms with Crippen molar-refractivity contribution in [3.63, 3.8) is 0 Å². The number of hydrogen-bond donors (Lipinski definition) is 0. The molecule has 8 heteroatoms. The van der Waals surface area contributed by atoms with Crippen LogP contribution in [0.15, 0.2) is 57.7 Å². The van der Waals surface area contributed by atoms with Crippen LogP contribution in [0.5, 0.6) is 0 Å². The number of para-hydroxylation sites is 2. The van der Waals surface area contributed by atoms with Gasteiger partial charge in [0.05, 0.1) is 15.9 Å². The summed E-state index contributed by atoms with van der Waals surface area (Å²) in [5, 5.41) is 7.71. The van der Waals surface area contributed by atoms with Crippen LogP contribution < -0.4 is 5.69 Å². The summed E-state index contributed by atoms with van der Waals surface area (Å²) in [5.74, 6) is 0.707. The van der Waals surface area contributed by atoms with Crippen LogP contribution in [0.4, 0.5) is 0 Å². The molecule has 0 saturated heterocycles. The molecule has 0 bridgehead atoms. The van der Waals surface area contributed by atoms with Gasteiger partial charge in [0.15, 0.2) is 4.34 Å². The molecule has 0 aliphatic rings. The Morgan fingerprint density at radius 3 is 2.67 bits per heavy atom. The van der Waals surface area contributed by atoms with Crippen molar-refractivity contribution in [1.82, 2.24) is 24.8 Å². The van der Waals surface area contributed by atoms with Gasteiger partial charge in [-0.2, -0.15) is 9.36 Å². The van der Waals surface area contributed by atoms with Crippen LogP contribution in [0.3, 0.4) is 0 Å². The first-order valence-corrected chi connectivity index (χ1v) is 9.08. The van der Waals surface area contributed by atoms with E-state index in [4.69, 9.17) is 0 Å². The Hall–Kier alpha value is -2.45. The number of thiazole rings is 1. The summed E-state index contributed by atoms with van der Waals surface area (Å²) < 4.78 is 4.74. The van der Waals surface area contributed by atoms with Crippen LogP contribution in [0.25, 0.3) is 15.9 Å². The molecule has 2 aromatic heterocycles. The Labute approximate surface area is 145 Å². The van der Waals surface area contributed by atoms with Crippen molar-refractivity contribution >= 4 is 33.3 Å². The molecule has 24 heavy (non-hydrogen) atoms. The third kappa shape index (κ3) is 2.74. The summed E-state index contributed by atoms with van der Waals surface area (Å²) >= 11 is 3.33. The molecule has 0 radical (unpaired) electrons. The Balaban J connectivity index is 1.63. The van der Waals surface area contributed by atoms with Gasteiger partial charge < -0.3 is 0 Å². The van der Waals surface area contributed by atoms with E-state index in [1.807, 2.05) is 42.5 Å². The van der Waals surface area contributed by atoms with Gasteiger partial charge in [-0.1, -0.05) is 42.1 Å². The molecule has 0 atom stereocenters. The molecule has 0 unspecified atom stereocenters. The molecule has 0 aliphatic carbocycles. The summed E-state index contributed by atoms with van der Waals surface area (Å²) in [6.45, 7) is 0. The van der Waals surface area contributed by atoms with Crippen molar-refractivity contribution in [3.05, 3.63) is 64.6 Å². The van der Waals surface area contributed by atoms with Crippen molar-refractivity contribution < 1.29 is 0 Å². The zero-order valence-corrected chi connectivity index (χ0v) is 14.4. The van der Waals surface area contributed by atoms with Crippen LogP contribution in [0.1, 0.15) is 5.56 Å². The highest BCUT2D eigenvalue weighted by atomic mass is 32.2. The second kappa shape index (κ2) is 6.21. The standard InChI is InChI=1S/C16H13N5OS2/c1-20-16(22)21(19-18-20)13-8-4-2-6-11(13)10-23-15-17-12-7-3-5-9-14(12)24-15/h2-9H,10H2,1H3. The molecule has 2 heterocycles. The van der Waals surface area contributed by atoms with Gasteiger partial charge in [0.25, 0.3) is 0 Å². The predicted octanol–water partition coefficient (Wildman–Crippen LogP) is 2.87. The molecule has 4 aromatic rings. The second-order valence-corrected chi connectivity index (χ2v) is 7.41. The zero-order chi connectivity index (χ0) is 16.5. The Kier molecular flexibility index (Phi) is 3.91. The maximum Gasteiger partial charge on any atom is 0.368 e. The van der Waals surface area contributed by atoms with Gasteiger partial charge in [0.1, 0.15) is 0 Å². The highest BCUT2D eigenvalue weighted by Gasteiger charge is 2.12. The third-order valence-corrected chi connectivity index (χ3v) is 5.80. The monoisotopic (exact) mass is 355 g/mol. The largest absolute Gasteiger partial charge is 0.368 e. The van der Waals surface area contributed by atoms with E-state index in [-0.39, 0.29) is 5.69 Å². The lowest BCUT2D eigenvalue weighted by molar-refractivity contribution is 0.692. The number of thioether (sulfide) groups is 1. The van der Waals surface area contributed by atoms with Crippen molar-refractivity contribution in [2.75, 3.05) is 0 Å². The molecular weight excluding hydrogens is 342 g/mol. The van der Waals surface area contributed by atoms with Crippen LogP contribution in [-0.4, -0.2) is 24.8 Å². The molecule has 0 spiro atoms. The van der Waals surface area contributed by atoms with Gasteiger partial charge >= 0.3 is 5.69 Å². The number of tetrazole rings is 1. The first-order chi connectivity index (χ1) is 11.7. The van der Waals surface area contributed by atoms with Gasteiger partial charge in [-0.25, -0.2) is 9.78 Å². The maximum absolute atomic E-state index is 12.1. The van der Waals surface area contributed by atoms with E-state index in [0.717, 1.165) is 21.1 Å². The maximum atomic E-state index is 12.1. The Morgan fingerprint density at radius 1 is 1.08 bits per heavy atom. The lowest BCUT2D eigenvalue weighted by Crippen LogP contribution is -2.22. The molecule has 4 rings (SSSR count). The topological polar surface area (TPSA) is 65.6 Å². The summed E-state index contributed by atoms with van der Waals surface area (Å²) in [6, 6.07) is 15.8. The van der Waals surface area contributed by atoms with E-state index in [0.29, 0.717) is 5.75 Å². The highest BCUT2D eigenvalue weighted by molar-refractivity contribution is 8.00. The minimum absolute atomic E-state index is 0.257. The molecular formula is C16H13N5OS2. The predicted molar refractivity (Wildman–Crippen MR) is 95.8 cm³/mol. The van der Waals surface area contributed by atoms with E-state index < -0.39 is 0 Å². The van der Waals surface area contributed by atoms with Crippen molar-refractivity contribution in [2.24, 2.45) is 7.05 Å². The number of nitrogens with zero attached hydrogens (tertiary/aromatic N) is 5. The van der Waals surface area contributed by atoms with Gasteiger partial charge in [0, 0.05) is 12.8 Å². The van der Waals surface area contributed by atoms with Crippen LogP contribution >= 0.6 is 23.1 Å². The third-order valence-electron chi connectivity index (χ3n) is 3.57. The van der Waals surface area contributed by atoms with E-state index >= 15 is 0 Å². The molecule has 0 fully saturated rings. The SMILES string of the molecule is Cn1nnn(-c2ccccc2CSc2nc3ccccc3s2)c1=O. The van der Waals surface area contributed by atoms with E-state index in [1.165, 1.54) is 14.1 Å². The number of aromatic nitrogens is 5. The molecule has 0 saturated carbocycles. The Bertz CT molecular complexity index is 1030. The minimum atomic E-state index is -0.257. The Morgan fingerprint density at radius 2 is 1.88 bits per heavy atom. The molecule has 0 amide bonds. The molecule has 0 N–H and O–H groups in total. The van der Waals surface area contributed by atoms with Gasteiger partial charge in [0.2, 0.25) is 0 Å². The van der Waals surface area contributed by atoms with Crippen LogP contribution in [0, 0.1) is 0 Å². The lowest BCUT2D eigenvalue weighted by atomic mass is 10.2. The van der Waals surface area contributed by atoms with Crippen molar-refractivity contribution in [2.45, 2.75) is 10.1 Å². The van der Waals surface area contributed by atoms with Gasteiger partial charge in [-0.15, -0.1) is 11.3 Å². The van der Waals surface area contributed by atoms with E-state index in [1.54, 1.807) is 30.1 Å². The average molecular weight is 355 g/mol. The average Bonchev–Trinajstić information content (AvgIpc) is 3.17. The molecule has 6 nitrogen and oxygen atoms in total. The number of hydrogen-bond acceptors (Lipinski definition) is 6. The van der Waals surface area contributed by atoms with Crippen LogP contribution in [0.2, 0.25) is 0 Å². The number of aryl methyl sites for hydroxylation is 1. The first kappa shape index (κ1) is 15.1. The quantitative estimate of drug-likeness (QED) is 0.527. The van der Waals surface area contributed by atoms with Gasteiger partial charge in [-0.3, -0.25) is 0 Å². The zero-order valence-electron chi connectivity index (χ0n) is 12.8. The van der Waals surface area contributed by atoms with Crippen LogP contribution in [-0.2, 0) is 12.8 Å². The lowest BCUT2D eigenvalue weighted by Gasteiger charge is -2.06. The van der Waals surface area contributed by atoms with E-state index in [2.05, 4.69) is 21.5 Å². The summed E-state index contributed by atoms with van der Waals surface area (Å²) in [4.78, 5) is 16.7. The number of rotatable bonds is 4. The first-order valence-electron chi connectivity index (χ1n) is 7.28. The summed E-state index contributed by atoms with van der Waals surface area (Å²) in [7, 11) is 1.59. The second-order valence-electron chi connectivity index (χ2n) is 5.16. The molecule has 0 aliphatic heterocycles. The number of fused-ring (bicyclic) bond motifs is 1. The van der Waals surface area contributed by atoms with Gasteiger partial charge in [-0.05, 0) is 34.2 Å².